The number of nitrogens with two attached hydrogens (primary N) is 1. The number of rotatable bonds is 4. The van der Waals surface area contributed by atoms with Gasteiger partial charge in [-0.05, 0) is 0 Å². The molecule has 2 amide bonds. The van der Waals surface area contributed by atoms with E-state index in [0.717, 1.165) is 0 Å². The van der Waals surface area contributed by atoms with Crippen LogP contribution in [-0.4, -0.2) is 42.4 Å². The van der Waals surface area contributed by atoms with Gasteiger partial charge in [-0.1, -0.05) is 0 Å². The summed E-state index contributed by atoms with van der Waals surface area (Å²) in [7, 11) is 1.55. The highest BCUT2D eigenvalue weighted by atomic mass is 16.2. The summed E-state index contributed by atoms with van der Waals surface area (Å²) in [5.74, 6) is -0.593. The molecule has 0 spiro atoms. The van der Waals surface area contributed by atoms with Gasteiger partial charge in [0.1, 0.15) is 5.22 Å². The van der Waals surface area contributed by atoms with Gasteiger partial charge in [-0.25, -0.2) is 0 Å². The van der Waals surface area contributed by atoms with Crippen molar-refractivity contribution in [1.29, 1.82) is 0 Å². The topological polar surface area (TPSA) is 99.9 Å². The molecule has 0 fully saturated rings. The first-order valence-electron chi connectivity index (χ1n) is 4.12. The molecule has 0 aromatic rings. The maximum Gasteiger partial charge on any atom is 0.261 e. The highest BCUT2D eigenvalue weighted by Crippen LogP contribution is 1.99. The van der Waals surface area contributed by atoms with E-state index in [-0.39, 0.29) is 18.9 Å². The minimum absolute atomic E-state index is 0.0285. The van der Waals surface area contributed by atoms with Crippen molar-refractivity contribution in [2.24, 2.45) is 16.1 Å². The number of carbonyl (C=O) groups is 2. The number of nitrogens with one attached hydrogen (secondary N) is 1. The quantitative estimate of drug-likeness (QED) is 0.534. The predicted molar refractivity (Wildman–Crippen MR) is 47.7 cm³/mol. The lowest BCUT2D eigenvalue weighted by Gasteiger charge is -1.95. The fourth-order valence-electron chi connectivity index (χ4n) is 1.03. The molecule has 0 aromatic carbocycles. The average molecular weight is 198 g/mol. The van der Waals surface area contributed by atoms with E-state index in [4.69, 9.17) is 5.73 Å². The van der Waals surface area contributed by atoms with Crippen molar-refractivity contribution in [3.63, 3.8) is 0 Å². The van der Waals surface area contributed by atoms with Crippen LogP contribution in [0.5, 0.6) is 0 Å². The third kappa shape index (κ3) is 2.92. The fourth-order valence-corrected chi connectivity index (χ4v) is 1.03. The third-order valence-corrected chi connectivity index (χ3v) is 1.66. The summed E-state index contributed by atoms with van der Waals surface area (Å²) < 4.78 is 1.42. The standard InChI is InChI=1S/C7H11N5O2/c1-9-7(14)2-5-3-12(11-10-5)4-6(8)13/h2-4H2,1H3,(H2-,8,9,13,14)/p+1. The lowest BCUT2D eigenvalue weighted by Crippen LogP contribution is -2.29. The van der Waals surface area contributed by atoms with Crippen LogP contribution in [0, 0.1) is 0 Å². The van der Waals surface area contributed by atoms with Crippen LogP contribution < -0.4 is 11.1 Å². The second-order valence-electron chi connectivity index (χ2n) is 2.89. The van der Waals surface area contributed by atoms with Gasteiger partial charge in [0.25, 0.3) is 5.91 Å². The van der Waals surface area contributed by atoms with Crippen LogP contribution in [0.4, 0.5) is 0 Å². The number of primary amides is 1. The monoisotopic (exact) mass is 198 g/mol. The van der Waals surface area contributed by atoms with Gasteiger partial charge in [-0.2, -0.15) is 0 Å². The normalized spacial score (nSPS) is 14.6. The van der Waals surface area contributed by atoms with Crippen LogP contribution in [0.1, 0.15) is 6.42 Å². The van der Waals surface area contributed by atoms with Crippen molar-refractivity contribution in [1.82, 2.24) is 5.32 Å². The first-order chi connectivity index (χ1) is 6.61. The van der Waals surface area contributed by atoms with Gasteiger partial charge in [0, 0.05) is 7.05 Å². The zero-order valence-corrected chi connectivity index (χ0v) is 7.86. The summed E-state index contributed by atoms with van der Waals surface area (Å²) in [6, 6.07) is 0. The van der Waals surface area contributed by atoms with Gasteiger partial charge < -0.3 is 11.1 Å². The van der Waals surface area contributed by atoms with Crippen molar-refractivity contribution in [2.45, 2.75) is 6.42 Å². The SMILES string of the molecule is CNC(=O)CC1=NN=[N+](CC(N)=O)C1. The largest absolute Gasteiger partial charge is 0.366 e. The molecule has 0 atom stereocenters. The summed E-state index contributed by atoms with van der Waals surface area (Å²) >= 11 is 0. The fraction of sp³-hybridized carbons (Fsp3) is 0.571. The van der Waals surface area contributed by atoms with Crippen LogP contribution in [0.2, 0.25) is 0 Å². The summed E-state index contributed by atoms with van der Waals surface area (Å²) in [5.41, 5.74) is 5.60. The highest BCUT2D eigenvalue weighted by Gasteiger charge is 2.23. The van der Waals surface area contributed by atoms with Gasteiger partial charge in [0.15, 0.2) is 13.1 Å². The van der Waals surface area contributed by atoms with E-state index >= 15 is 0 Å². The molecule has 0 saturated heterocycles. The zero-order chi connectivity index (χ0) is 10.6. The first-order valence-corrected chi connectivity index (χ1v) is 4.12. The first kappa shape index (κ1) is 10.3. The van der Waals surface area contributed by atoms with Gasteiger partial charge in [0.05, 0.1) is 11.5 Å². The number of hydrogen-bond acceptors (Lipinski definition) is 4. The molecule has 0 bridgehead atoms. The average Bonchev–Trinajstić information content (AvgIpc) is 2.51. The Kier molecular flexibility index (Phi) is 3.27. The molecular formula is C7H12N5O2+. The van der Waals surface area contributed by atoms with Crippen LogP contribution in [0.25, 0.3) is 0 Å². The molecule has 0 aliphatic carbocycles. The number of amides is 2. The third-order valence-electron chi connectivity index (χ3n) is 1.66. The Labute approximate surface area is 80.7 Å². The van der Waals surface area contributed by atoms with Gasteiger partial charge >= 0.3 is 0 Å². The summed E-state index contributed by atoms with van der Waals surface area (Å²) in [4.78, 5) is 21.5. The number of hydrogen-bond donors (Lipinski definition) is 2. The molecule has 1 aliphatic heterocycles. The Balaban J connectivity index is 2.37. The summed E-state index contributed by atoms with van der Waals surface area (Å²) in [5, 5.41) is 9.92. The van der Waals surface area contributed by atoms with E-state index in [2.05, 4.69) is 15.6 Å². The highest BCUT2D eigenvalue weighted by molar-refractivity contribution is 6.01. The molecule has 0 radical (unpaired) electrons. The van der Waals surface area contributed by atoms with Crippen molar-refractivity contribution >= 4 is 17.5 Å². The van der Waals surface area contributed by atoms with Gasteiger partial charge in [0.2, 0.25) is 11.6 Å². The van der Waals surface area contributed by atoms with E-state index in [1.165, 1.54) is 4.70 Å². The van der Waals surface area contributed by atoms with Crippen molar-refractivity contribution < 1.29 is 14.3 Å². The molecule has 1 heterocycles. The molecule has 0 saturated carbocycles. The Bertz CT molecular complexity index is 320. The van der Waals surface area contributed by atoms with Gasteiger partial charge in [-0.15, -0.1) is 4.70 Å². The molecule has 0 aromatic heterocycles. The van der Waals surface area contributed by atoms with E-state index in [9.17, 15) is 9.59 Å². The Morgan fingerprint density at radius 3 is 2.93 bits per heavy atom. The predicted octanol–water partition coefficient (Wildman–Crippen LogP) is -1.56. The number of carbonyl (C=O) groups excluding carboxylic acids is 2. The van der Waals surface area contributed by atoms with E-state index in [1.54, 1.807) is 7.05 Å². The lowest BCUT2D eigenvalue weighted by molar-refractivity contribution is -0.564. The second kappa shape index (κ2) is 4.45. The maximum absolute atomic E-state index is 11.0. The molecular weight excluding hydrogens is 186 g/mol. The Morgan fingerprint density at radius 2 is 2.36 bits per heavy atom. The molecule has 7 nitrogen and oxygen atoms in total. The Hall–Kier alpha value is -1.79. The molecule has 1 aliphatic rings. The number of nitrogens with zero attached hydrogens (tertiary/aromatic N) is 3. The molecule has 3 N–H and O–H groups in total. The van der Waals surface area contributed by atoms with Crippen LogP contribution >= 0.6 is 0 Å². The maximum atomic E-state index is 11.0. The van der Waals surface area contributed by atoms with Crippen LogP contribution in [-0.2, 0) is 9.59 Å². The van der Waals surface area contributed by atoms with Crippen molar-refractivity contribution in [2.75, 3.05) is 20.1 Å². The Morgan fingerprint density at radius 1 is 1.64 bits per heavy atom. The van der Waals surface area contributed by atoms with E-state index in [0.29, 0.717) is 12.3 Å². The summed E-state index contributed by atoms with van der Waals surface area (Å²) in [6.07, 6.45) is 0.204. The molecule has 7 heteroatoms. The lowest BCUT2D eigenvalue weighted by atomic mass is 10.2. The van der Waals surface area contributed by atoms with Crippen molar-refractivity contribution in [3.8, 4) is 0 Å². The molecule has 1 rings (SSSR count). The zero-order valence-electron chi connectivity index (χ0n) is 7.86. The smallest absolute Gasteiger partial charge is 0.261 e. The molecule has 14 heavy (non-hydrogen) atoms. The molecule has 0 unspecified atom stereocenters. The molecule has 76 valence electrons. The minimum Gasteiger partial charge on any atom is -0.366 e. The van der Waals surface area contributed by atoms with Crippen LogP contribution in [0.3, 0.4) is 0 Å². The van der Waals surface area contributed by atoms with E-state index < -0.39 is 5.91 Å². The second-order valence-corrected chi connectivity index (χ2v) is 2.89. The summed E-state index contributed by atoms with van der Waals surface area (Å²) in [6.45, 7) is 0.414. The minimum atomic E-state index is -0.467. The van der Waals surface area contributed by atoms with Gasteiger partial charge in [-0.3, -0.25) is 9.59 Å². The van der Waals surface area contributed by atoms with E-state index in [1.807, 2.05) is 0 Å². The van der Waals surface area contributed by atoms with Crippen molar-refractivity contribution in [3.05, 3.63) is 0 Å². The van der Waals surface area contributed by atoms with Crippen LogP contribution in [0.15, 0.2) is 10.3 Å².